The first-order chi connectivity index (χ1) is 6.63. The highest BCUT2D eigenvalue weighted by Crippen LogP contribution is 2.07. The van der Waals surface area contributed by atoms with E-state index in [0.717, 1.165) is 19.6 Å². The van der Waals surface area contributed by atoms with Crippen LogP contribution >= 0.6 is 0 Å². The molecule has 0 bridgehead atoms. The van der Waals surface area contributed by atoms with Gasteiger partial charge in [-0.2, -0.15) is 0 Å². The van der Waals surface area contributed by atoms with Crippen LogP contribution in [0.1, 0.15) is 20.3 Å². The Balaban J connectivity index is 2.45. The maximum atomic E-state index is 11.2. The molecule has 0 saturated carbocycles. The predicted octanol–water partition coefficient (Wildman–Crippen LogP) is -0.208. The molecule has 82 valence electrons. The van der Waals surface area contributed by atoms with E-state index in [1.807, 2.05) is 0 Å². The van der Waals surface area contributed by atoms with Crippen LogP contribution in [0.15, 0.2) is 0 Å². The zero-order valence-electron chi connectivity index (χ0n) is 9.12. The van der Waals surface area contributed by atoms with E-state index in [0.29, 0.717) is 24.9 Å². The molecule has 1 aliphatic heterocycles. The lowest BCUT2D eigenvalue weighted by atomic mass is 10.1. The molecule has 1 amide bonds. The highest BCUT2D eigenvalue weighted by molar-refractivity contribution is 5.76. The van der Waals surface area contributed by atoms with E-state index in [-0.39, 0.29) is 5.91 Å². The number of hydrogen-bond donors (Lipinski definition) is 2. The fourth-order valence-corrected chi connectivity index (χ4v) is 1.69. The van der Waals surface area contributed by atoms with Crippen molar-refractivity contribution in [1.29, 1.82) is 0 Å². The molecule has 0 spiro atoms. The van der Waals surface area contributed by atoms with Gasteiger partial charge in [0.1, 0.15) is 0 Å². The number of nitrogens with zero attached hydrogens (tertiary/aromatic N) is 1. The van der Waals surface area contributed by atoms with E-state index in [9.17, 15) is 4.79 Å². The summed E-state index contributed by atoms with van der Waals surface area (Å²) in [6.45, 7) is 7.62. The van der Waals surface area contributed by atoms with Crippen LogP contribution < -0.4 is 11.1 Å². The number of nitrogens with one attached hydrogen (secondary N) is 1. The Morgan fingerprint density at radius 1 is 1.71 bits per heavy atom. The molecular formula is C10H21N3O. The largest absolute Gasteiger partial charge is 0.355 e. The van der Waals surface area contributed by atoms with Gasteiger partial charge in [0.05, 0.1) is 0 Å². The second-order valence-corrected chi connectivity index (χ2v) is 4.24. The topological polar surface area (TPSA) is 58.4 Å². The van der Waals surface area contributed by atoms with Crippen LogP contribution in [-0.2, 0) is 4.79 Å². The summed E-state index contributed by atoms with van der Waals surface area (Å²) in [5, 5.41) is 2.90. The smallest absolute Gasteiger partial charge is 0.221 e. The zero-order chi connectivity index (χ0) is 10.6. The van der Waals surface area contributed by atoms with Crippen LogP contribution in [0, 0.1) is 5.92 Å². The number of carbonyl (C=O) groups excluding carboxylic acids is 1. The minimum atomic E-state index is 0.166. The molecule has 0 aliphatic carbocycles. The third kappa shape index (κ3) is 3.27. The summed E-state index contributed by atoms with van der Waals surface area (Å²) in [5.41, 5.74) is 5.59. The molecule has 0 aromatic heterocycles. The molecule has 1 aliphatic rings. The van der Waals surface area contributed by atoms with Crippen molar-refractivity contribution in [3.63, 3.8) is 0 Å². The number of nitrogens with two attached hydrogens (primary N) is 1. The van der Waals surface area contributed by atoms with Crippen LogP contribution in [-0.4, -0.2) is 43.0 Å². The van der Waals surface area contributed by atoms with Gasteiger partial charge in [0, 0.05) is 32.1 Å². The monoisotopic (exact) mass is 199 g/mol. The maximum Gasteiger partial charge on any atom is 0.221 e. The van der Waals surface area contributed by atoms with Crippen molar-refractivity contribution in [3.05, 3.63) is 0 Å². The summed E-state index contributed by atoms with van der Waals surface area (Å²) < 4.78 is 0. The van der Waals surface area contributed by atoms with E-state index in [1.165, 1.54) is 0 Å². The summed E-state index contributed by atoms with van der Waals surface area (Å²) in [5.74, 6) is 0.672. The summed E-state index contributed by atoms with van der Waals surface area (Å²) in [7, 11) is 0. The minimum Gasteiger partial charge on any atom is -0.355 e. The first-order valence-electron chi connectivity index (χ1n) is 5.34. The van der Waals surface area contributed by atoms with Crippen molar-refractivity contribution in [2.45, 2.75) is 26.3 Å². The first-order valence-corrected chi connectivity index (χ1v) is 5.34. The molecule has 4 heteroatoms. The van der Waals surface area contributed by atoms with Crippen molar-refractivity contribution in [2.75, 3.05) is 26.2 Å². The molecule has 1 heterocycles. The zero-order valence-corrected chi connectivity index (χ0v) is 9.12. The van der Waals surface area contributed by atoms with Gasteiger partial charge in [0.15, 0.2) is 0 Å². The fraction of sp³-hybridized carbons (Fsp3) is 0.900. The summed E-state index contributed by atoms with van der Waals surface area (Å²) >= 11 is 0. The standard InChI is InChI=1S/C10H21N3O/c1-8(5-11)7-13-4-3-10(14)12-6-9(13)2/h8-9H,3-7,11H2,1-2H3,(H,12,14). The van der Waals surface area contributed by atoms with Gasteiger partial charge in [-0.25, -0.2) is 0 Å². The van der Waals surface area contributed by atoms with Crippen molar-refractivity contribution in [2.24, 2.45) is 11.7 Å². The highest BCUT2D eigenvalue weighted by atomic mass is 16.1. The Morgan fingerprint density at radius 2 is 2.43 bits per heavy atom. The van der Waals surface area contributed by atoms with E-state index < -0.39 is 0 Å². The summed E-state index contributed by atoms with van der Waals surface area (Å²) in [4.78, 5) is 13.5. The number of amides is 1. The van der Waals surface area contributed by atoms with Crippen molar-refractivity contribution in [1.82, 2.24) is 10.2 Å². The molecule has 14 heavy (non-hydrogen) atoms. The van der Waals surface area contributed by atoms with Crippen molar-refractivity contribution in [3.8, 4) is 0 Å². The fourth-order valence-electron chi connectivity index (χ4n) is 1.69. The Kier molecular flexibility index (Phi) is 4.35. The number of carbonyl (C=O) groups is 1. The van der Waals surface area contributed by atoms with Gasteiger partial charge in [0.25, 0.3) is 0 Å². The summed E-state index contributed by atoms with van der Waals surface area (Å²) in [6.07, 6.45) is 0.613. The summed E-state index contributed by atoms with van der Waals surface area (Å²) in [6, 6.07) is 0.426. The quantitative estimate of drug-likeness (QED) is 0.661. The lowest BCUT2D eigenvalue weighted by Gasteiger charge is -2.28. The van der Waals surface area contributed by atoms with Gasteiger partial charge in [-0.3, -0.25) is 9.69 Å². The molecule has 3 N–H and O–H groups in total. The average molecular weight is 199 g/mol. The molecule has 2 atom stereocenters. The number of hydrogen-bond acceptors (Lipinski definition) is 3. The van der Waals surface area contributed by atoms with Gasteiger partial charge in [-0.05, 0) is 19.4 Å². The van der Waals surface area contributed by atoms with Gasteiger partial charge in [-0.1, -0.05) is 6.92 Å². The molecule has 0 aromatic carbocycles. The molecule has 4 nitrogen and oxygen atoms in total. The predicted molar refractivity (Wildman–Crippen MR) is 56.9 cm³/mol. The van der Waals surface area contributed by atoms with Gasteiger partial charge < -0.3 is 11.1 Å². The highest BCUT2D eigenvalue weighted by Gasteiger charge is 2.20. The lowest BCUT2D eigenvalue weighted by molar-refractivity contribution is -0.120. The van der Waals surface area contributed by atoms with E-state index in [1.54, 1.807) is 0 Å². The normalized spacial score (nSPS) is 26.8. The van der Waals surface area contributed by atoms with Crippen LogP contribution in [0.3, 0.4) is 0 Å². The lowest BCUT2D eigenvalue weighted by Crippen LogP contribution is -2.41. The van der Waals surface area contributed by atoms with Crippen molar-refractivity contribution >= 4 is 5.91 Å². The first kappa shape index (κ1) is 11.5. The van der Waals surface area contributed by atoms with Gasteiger partial charge in [-0.15, -0.1) is 0 Å². The van der Waals surface area contributed by atoms with Crippen LogP contribution in [0.4, 0.5) is 0 Å². The molecular weight excluding hydrogens is 178 g/mol. The van der Waals surface area contributed by atoms with Gasteiger partial charge in [0.2, 0.25) is 5.91 Å². The Hall–Kier alpha value is -0.610. The Bertz CT molecular complexity index is 196. The molecule has 1 fully saturated rings. The van der Waals surface area contributed by atoms with Crippen LogP contribution in [0.5, 0.6) is 0 Å². The molecule has 1 saturated heterocycles. The Morgan fingerprint density at radius 3 is 3.07 bits per heavy atom. The maximum absolute atomic E-state index is 11.2. The molecule has 0 radical (unpaired) electrons. The van der Waals surface area contributed by atoms with E-state index in [4.69, 9.17) is 5.73 Å². The third-order valence-corrected chi connectivity index (χ3v) is 2.79. The molecule has 0 aromatic rings. The van der Waals surface area contributed by atoms with Crippen LogP contribution in [0.2, 0.25) is 0 Å². The van der Waals surface area contributed by atoms with E-state index >= 15 is 0 Å². The van der Waals surface area contributed by atoms with Gasteiger partial charge >= 0.3 is 0 Å². The van der Waals surface area contributed by atoms with E-state index in [2.05, 4.69) is 24.1 Å². The van der Waals surface area contributed by atoms with Crippen LogP contribution in [0.25, 0.3) is 0 Å². The number of rotatable bonds is 3. The minimum absolute atomic E-state index is 0.166. The molecule has 2 unspecified atom stereocenters. The molecule has 1 rings (SSSR count). The van der Waals surface area contributed by atoms with Crippen molar-refractivity contribution < 1.29 is 4.79 Å². The Labute approximate surface area is 85.8 Å². The third-order valence-electron chi connectivity index (χ3n) is 2.79. The second kappa shape index (κ2) is 5.32. The average Bonchev–Trinajstić information content (AvgIpc) is 2.33. The second-order valence-electron chi connectivity index (χ2n) is 4.24. The SMILES string of the molecule is CC(CN)CN1CCC(=O)NCC1C.